The fourth-order valence-corrected chi connectivity index (χ4v) is 8.33. The van der Waals surface area contributed by atoms with Crippen molar-refractivity contribution in [3.8, 4) is 11.1 Å². The lowest BCUT2D eigenvalue weighted by Crippen LogP contribution is -2.47. The average molecular weight is 648 g/mol. The van der Waals surface area contributed by atoms with Gasteiger partial charge in [-0.15, -0.1) is 0 Å². The second-order valence-electron chi connectivity index (χ2n) is 14.2. The molecule has 1 aliphatic carbocycles. The Bertz CT molecular complexity index is 2590. The van der Waals surface area contributed by atoms with Crippen LogP contribution in [0.25, 0.3) is 49.4 Å². The number of hydrogen-bond donors (Lipinski definition) is 3. The van der Waals surface area contributed by atoms with Crippen molar-refractivity contribution in [2.75, 3.05) is 6.54 Å². The lowest BCUT2D eigenvalue weighted by atomic mass is 9.82. The van der Waals surface area contributed by atoms with Crippen LogP contribution < -0.4 is 16.0 Å². The van der Waals surface area contributed by atoms with Crippen molar-refractivity contribution >= 4 is 44.1 Å². The molecule has 7 aromatic rings. The molecule has 0 amide bonds. The first kappa shape index (κ1) is 29.0. The molecule has 0 saturated carbocycles. The molecule has 242 valence electrons. The van der Waals surface area contributed by atoms with E-state index in [1.165, 1.54) is 66.1 Å². The average Bonchev–Trinajstić information content (AvgIpc) is 3.62. The quantitative estimate of drug-likeness (QED) is 0.178. The van der Waals surface area contributed by atoms with E-state index in [1.54, 1.807) is 0 Å². The second kappa shape index (κ2) is 11.1. The van der Waals surface area contributed by atoms with Crippen molar-refractivity contribution in [2.24, 2.45) is 4.99 Å². The first-order valence-electron chi connectivity index (χ1n) is 17.5. The summed E-state index contributed by atoms with van der Waals surface area (Å²) in [4.78, 5) is 5.20. The van der Waals surface area contributed by atoms with Crippen molar-refractivity contribution in [2.45, 2.75) is 31.6 Å². The molecular formula is C45H37N5. The predicted molar refractivity (Wildman–Crippen MR) is 207 cm³/mol. The third-order valence-corrected chi connectivity index (χ3v) is 10.9. The lowest BCUT2D eigenvalue weighted by Gasteiger charge is -2.33. The number of para-hydroxylation sites is 1. The number of aliphatic imine (C=N–C) groups is 1. The number of nitrogens with zero attached hydrogens (tertiary/aromatic N) is 2. The molecule has 0 fully saturated rings. The van der Waals surface area contributed by atoms with Gasteiger partial charge >= 0.3 is 0 Å². The van der Waals surface area contributed by atoms with Crippen LogP contribution in [0.15, 0.2) is 156 Å². The molecule has 0 saturated heterocycles. The van der Waals surface area contributed by atoms with Gasteiger partial charge in [0.25, 0.3) is 0 Å². The maximum atomic E-state index is 5.20. The summed E-state index contributed by atoms with van der Waals surface area (Å²) >= 11 is 0. The van der Waals surface area contributed by atoms with Crippen molar-refractivity contribution in [1.82, 2.24) is 20.5 Å². The van der Waals surface area contributed by atoms with Crippen molar-refractivity contribution in [1.29, 1.82) is 0 Å². The fraction of sp³-hybridized carbons (Fsp3) is 0.133. The van der Waals surface area contributed by atoms with Gasteiger partial charge in [0.05, 0.1) is 23.3 Å². The highest BCUT2D eigenvalue weighted by Crippen LogP contribution is 2.51. The van der Waals surface area contributed by atoms with E-state index in [0.717, 1.165) is 17.1 Å². The standard InChI is InChI=1S/C45H37N5/c1-45(2)37-18-10-8-16-33(37)35-25-36-34-17-9-11-19-40(34)50(41(36)26-38(35)45)32-22-23-39(46-27-32)44-48-42(29-13-4-3-5-14-29)47-43(49-44)31-21-20-28-12-6-7-15-30(28)24-31/h3-26,42-43,46-47H,27H2,1-2H3,(H,48,49). The minimum Gasteiger partial charge on any atom is -0.376 e. The second-order valence-corrected chi connectivity index (χ2v) is 14.2. The number of rotatable bonds is 4. The Morgan fingerprint density at radius 1 is 0.640 bits per heavy atom. The smallest absolute Gasteiger partial charge is 0.148 e. The van der Waals surface area contributed by atoms with E-state index in [2.05, 4.69) is 180 Å². The van der Waals surface area contributed by atoms with Gasteiger partial charge < -0.3 is 15.2 Å². The van der Waals surface area contributed by atoms with Gasteiger partial charge in [0.15, 0.2) is 0 Å². The van der Waals surface area contributed by atoms with Crippen LogP contribution >= 0.6 is 0 Å². The zero-order chi connectivity index (χ0) is 33.4. The Kier molecular flexibility index (Phi) is 6.42. The molecule has 2 aliphatic heterocycles. The van der Waals surface area contributed by atoms with E-state index < -0.39 is 0 Å². The molecule has 1 aromatic heterocycles. The Hall–Kier alpha value is -5.91. The van der Waals surface area contributed by atoms with Crippen LogP contribution in [0.5, 0.6) is 0 Å². The van der Waals surface area contributed by atoms with Gasteiger partial charge in [-0.2, -0.15) is 0 Å². The van der Waals surface area contributed by atoms with Crippen LogP contribution in [0, 0.1) is 0 Å². The van der Waals surface area contributed by atoms with Crippen LogP contribution in [0.4, 0.5) is 0 Å². The van der Waals surface area contributed by atoms with E-state index in [4.69, 9.17) is 4.99 Å². The van der Waals surface area contributed by atoms with Gasteiger partial charge in [0.2, 0.25) is 0 Å². The van der Waals surface area contributed by atoms with Gasteiger partial charge in [-0.1, -0.05) is 123 Å². The molecule has 2 unspecified atom stereocenters. The summed E-state index contributed by atoms with van der Waals surface area (Å²) in [5.74, 6) is 0.852. The van der Waals surface area contributed by atoms with Crippen LogP contribution in [0.2, 0.25) is 0 Å². The van der Waals surface area contributed by atoms with E-state index in [-0.39, 0.29) is 17.7 Å². The summed E-state index contributed by atoms with van der Waals surface area (Å²) in [6.45, 7) is 5.38. The van der Waals surface area contributed by atoms with Crippen molar-refractivity contribution < 1.29 is 0 Å². The summed E-state index contributed by atoms with van der Waals surface area (Å²) in [5.41, 5.74) is 12.4. The largest absolute Gasteiger partial charge is 0.376 e. The topological polar surface area (TPSA) is 53.4 Å². The molecule has 5 nitrogen and oxygen atoms in total. The van der Waals surface area contributed by atoms with Gasteiger partial charge in [0, 0.05) is 21.9 Å². The Labute approximate surface area is 291 Å². The Morgan fingerprint density at radius 3 is 2.28 bits per heavy atom. The summed E-state index contributed by atoms with van der Waals surface area (Å²) in [6, 6.07) is 48.2. The fourth-order valence-electron chi connectivity index (χ4n) is 8.33. The first-order valence-corrected chi connectivity index (χ1v) is 17.5. The highest BCUT2D eigenvalue weighted by Gasteiger charge is 2.36. The van der Waals surface area contributed by atoms with E-state index in [1.807, 2.05) is 0 Å². The minimum atomic E-state index is -0.191. The molecule has 3 N–H and O–H groups in total. The van der Waals surface area contributed by atoms with Crippen LogP contribution in [0.1, 0.15) is 48.4 Å². The van der Waals surface area contributed by atoms with Crippen LogP contribution in [0.3, 0.4) is 0 Å². The molecule has 50 heavy (non-hydrogen) atoms. The number of benzene rings is 6. The molecule has 0 radical (unpaired) electrons. The van der Waals surface area contributed by atoms with Crippen molar-refractivity contribution in [3.05, 3.63) is 174 Å². The lowest BCUT2D eigenvalue weighted by molar-refractivity contribution is 0.408. The monoisotopic (exact) mass is 647 g/mol. The maximum Gasteiger partial charge on any atom is 0.148 e. The van der Waals surface area contributed by atoms with Crippen LogP contribution in [-0.4, -0.2) is 16.9 Å². The molecule has 0 spiro atoms. The molecule has 0 bridgehead atoms. The number of aromatic nitrogens is 1. The van der Waals surface area contributed by atoms with E-state index >= 15 is 0 Å². The maximum absolute atomic E-state index is 5.20. The highest BCUT2D eigenvalue weighted by atomic mass is 15.3. The summed E-state index contributed by atoms with van der Waals surface area (Å²) in [7, 11) is 0. The zero-order valence-corrected chi connectivity index (χ0v) is 28.1. The van der Waals surface area contributed by atoms with Gasteiger partial charge in [0.1, 0.15) is 18.2 Å². The summed E-state index contributed by atoms with van der Waals surface area (Å²) in [5, 5.41) is 16.3. The molecule has 5 heteroatoms. The van der Waals surface area contributed by atoms with Gasteiger partial charge in [-0.25, -0.2) is 4.99 Å². The normalized spacial score (nSPS) is 19.3. The van der Waals surface area contributed by atoms with Gasteiger partial charge in [-0.3, -0.25) is 5.32 Å². The molecular weight excluding hydrogens is 611 g/mol. The molecule has 10 rings (SSSR count). The first-order chi connectivity index (χ1) is 24.5. The van der Waals surface area contributed by atoms with Gasteiger partial charge in [-0.05, 0) is 80.6 Å². The molecule has 3 heterocycles. The number of dihydropyridines is 1. The highest BCUT2D eigenvalue weighted by molar-refractivity contribution is 6.12. The zero-order valence-electron chi connectivity index (χ0n) is 28.1. The Morgan fingerprint density at radius 2 is 1.42 bits per heavy atom. The third kappa shape index (κ3) is 4.47. The SMILES string of the molecule is CC1(C)c2ccccc2-c2cc3c4ccccc4n(C4=CC=C(C5=NC(c6ccccc6)NC(c6ccc7ccccc7c6)N5)NC4)c3cc21. The molecule has 3 aliphatic rings. The third-order valence-electron chi connectivity index (χ3n) is 10.9. The number of amidine groups is 1. The van der Waals surface area contributed by atoms with E-state index in [9.17, 15) is 0 Å². The number of allylic oxidation sites excluding steroid dienone is 2. The summed E-state index contributed by atoms with van der Waals surface area (Å²) in [6.07, 6.45) is 4.14. The number of fused-ring (bicyclic) bond motifs is 7. The molecule has 6 aromatic carbocycles. The predicted octanol–water partition coefficient (Wildman–Crippen LogP) is 9.57. The Balaban J connectivity index is 1.06. The minimum absolute atomic E-state index is 0.0661. The number of hydrogen-bond acceptors (Lipinski definition) is 4. The van der Waals surface area contributed by atoms with Crippen molar-refractivity contribution in [3.63, 3.8) is 0 Å². The summed E-state index contributed by atoms with van der Waals surface area (Å²) < 4.78 is 2.45. The molecule has 2 atom stereocenters. The van der Waals surface area contributed by atoms with Crippen LogP contribution in [-0.2, 0) is 5.41 Å². The van der Waals surface area contributed by atoms with E-state index in [0.29, 0.717) is 6.54 Å². The number of nitrogens with one attached hydrogen (secondary N) is 3.